The van der Waals surface area contributed by atoms with Gasteiger partial charge in [-0.05, 0) is 36.1 Å². The fourth-order valence-electron chi connectivity index (χ4n) is 3.45. The highest BCUT2D eigenvalue weighted by Crippen LogP contribution is 2.25. The zero-order valence-electron chi connectivity index (χ0n) is 18.4. The van der Waals surface area contributed by atoms with Gasteiger partial charge in [-0.2, -0.15) is 4.98 Å². The Morgan fingerprint density at radius 2 is 1.30 bits per heavy atom. The highest BCUT2D eigenvalue weighted by Gasteiger charge is 2.09. The Morgan fingerprint density at radius 3 is 2.00 bits per heavy atom. The van der Waals surface area contributed by atoms with Crippen molar-refractivity contribution in [1.82, 2.24) is 10.1 Å². The van der Waals surface area contributed by atoms with E-state index in [1.807, 2.05) is 0 Å². The van der Waals surface area contributed by atoms with Gasteiger partial charge in [0.1, 0.15) is 5.75 Å². The number of ether oxygens (including phenoxy) is 1. The van der Waals surface area contributed by atoms with Crippen LogP contribution in [0.5, 0.6) is 5.75 Å². The summed E-state index contributed by atoms with van der Waals surface area (Å²) in [6.45, 7) is 5.22. The minimum absolute atomic E-state index is 0.663. The molecule has 0 radical (unpaired) electrons. The van der Waals surface area contributed by atoms with Gasteiger partial charge in [-0.15, -0.1) is 0 Å². The summed E-state index contributed by atoms with van der Waals surface area (Å²) >= 11 is 0. The number of aryl methyl sites for hydroxylation is 1. The number of rotatable bonds is 13. The lowest BCUT2D eigenvalue weighted by Crippen LogP contribution is -1.97. The quantitative estimate of drug-likeness (QED) is 0.276. The lowest BCUT2D eigenvalue weighted by Gasteiger charge is -2.08. The van der Waals surface area contributed by atoms with Crippen molar-refractivity contribution in [3.05, 3.63) is 54.4 Å². The Kier molecular flexibility index (Phi) is 8.95. The zero-order valence-corrected chi connectivity index (χ0v) is 18.4. The number of unbranched alkanes of at least 4 members (excludes halogenated alkanes) is 6. The summed E-state index contributed by atoms with van der Waals surface area (Å²) in [5, 5.41) is 4.13. The third-order valence-corrected chi connectivity index (χ3v) is 5.31. The largest absolute Gasteiger partial charge is 0.494 e. The summed E-state index contributed by atoms with van der Waals surface area (Å²) in [5.74, 6) is 2.33. The molecule has 1 heterocycles. The molecule has 0 saturated heterocycles. The smallest absolute Gasteiger partial charge is 0.226 e. The molecule has 30 heavy (non-hydrogen) atoms. The van der Waals surface area contributed by atoms with Crippen molar-refractivity contribution in [2.45, 2.75) is 71.6 Å². The molecule has 1 aromatic heterocycles. The van der Waals surface area contributed by atoms with Gasteiger partial charge in [0.05, 0.1) is 6.61 Å². The molecule has 0 amide bonds. The maximum absolute atomic E-state index is 5.86. The molecule has 2 aromatic carbocycles. The van der Waals surface area contributed by atoms with Crippen LogP contribution in [-0.4, -0.2) is 16.7 Å². The topological polar surface area (TPSA) is 48.2 Å². The Balaban J connectivity index is 1.52. The first-order valence-electron chi connectivity index (χ1n) is 11.5. The van der Waals surface area contributed by atoms with Crippen LogP contribution in [0.4, 0.5) is 0 Å². The molecule has 0 atom stereocenters. The predicted octanol–water partition coefficient (Wildman–Crippen LogP) is 7.49. The van der Waals surface area contributed by atoms with Gasteiger partial charge in [-0.1, -0.05) is 93.9 Å². The third-order valence-electron chi connectivity index (χ3n) is 5.31. The molecule has 0 unspecified atom stereocenters. The van der Waals surface area contributed by atoms with Crippen LogP contribution in [-0.2, 0) is 6.42 Å². The highest BCUT2D eigenvalue weighted by atomic mass is 16.5. The van der Waals surface area contributed by atoms with E-state index in [1.165, 1.54) is 44.1 Å². The minimum atomic E-state index is 0.663. The van der Waals surface area contributed by atoms with Crippen molar-refractivity contribution < 1.29 is 9.26 Å². The van der Waals surface area contributed by atoms with Crippen molar-refractivity contribution in [2.24, 2.45) is 0 Å². The Hall–Kier alpha value is -2.62. The van der Waals surface area contributed by atoms with Gasteiger partial charge in [0.25, 0.3) is 0 Å². The number of benzene rings is 2. The Bertz CT molecular complexity index is 853. The van der Waals surface area contributed by atoms with Gasteiger partial charge in [0.15, 0.2) is 0 Å². The van der Waals surface area contributed by atoms with E-state index in [2.05, 4.69) is 72.5 Å². The van der Waals surface area contributed by atoms with E-state index in [0.29, 0.717) is 5.82 Å². The van der Waals surface area contributed by atoms with Crippen molar-refractivity contribution in [3.63, 3.8) is 0 Å². The molecule has 0 spiro atoms. The normalized spacial score (nSPS) is 11.0. The standard InChI is InChI=1S/C26H34N2O2/c1-3-5-7-8-10-20-29-24-18-16-22(17-19-24)21-12-14-23(15-13-21)26-27-25(30-28-26)11-9-6-4-2/h12-19H,3-11,20H2,1-2H3. The maximum Gasteiger partial charge on any atom is 0.226 e. The van der Waals surface area contributed by atoms with Crippen LogP contribution in [0.1, 0.15) is 71.1 Å². The predicted molar refractivity (Wildman–Crippen MR) is 123 cm³/mol. The van der Waals surface area contributed by atoms with Crippen LogP contribution in [0.2, 0.25) is 0 Å². The van der Waals surface area contributed by atoms with Gasteiger partial charge in [-0.3, -0.25) is 0 Å². The molecule has 4 nitrogen and oxygen atoms in total. The highest BCUT2D eigenvalue weighted by molar-refractivity contribution is 5.68. The summed E-state index contributed by atoms with van der Waals surface area (Å²) in [6.07, 6.45) is 10.6. The van der Waals surface area contributed by atoms with Gasteiger partial charge in [0, 0.05) is 12.0 Å². The summed E-state index contributed by atoms with van der Waals surface area (Å²) in [7, 11) is 0. The fraction of sp³-hybridized carbons (Fsp3) is 0.462. The van der Waals surface area contributed by atoms with Crippen molar-refractivity contribution in [1.29, 1.82) is 0 Å². The second-order valence-corrected chi connectivity index (χ2v) is 7.83. The molecule has 3 aromatic rings. The lowest BCUT2D eigenvalue weighted by atomic mass is 10.0. The van der Waals surface area contributed by atoms with E-state index in [4.69, 9.17) is 9.26 Å². The number of nitrogens with zero attached hydrogens (tertiary/aromatic N) is 2. The summed E-state index contributed by atoms with van der Waals surface area (Å²) in [5.41, 5.74) is 3.31. The molecule has 0 N–H and O–H groups in total. The van der Waals surface area contributed by atoms with E-state index in [9.17, 15) is 0 Å². The van der Waals surface area contributed by atoms with E-state index in [0.717, 1.165) is 48.6 Å². The lowest BCUT2D eigenvalue weighted by molar-refractivity contribution is 0.304. The van der Waals surface area contributed by atoms with Crippen LogP contribution in [0, 0.1) is 0 Å². The molecule has 0 fully saturated rings. The average molecular weight is 407 g/mol. The van der Waals surface area contributed by atoms with Crippen molar-refractivity contribution in [3.8, 4) is 28.3 Å². The van der Waals surface area contributed by atoms with Crippen LogP contribution in [0.15, 0.2) is 53.1 Å². The SMILES string of the molecule is CCCCCCCOc1ccc(-c2ccc(-c3noc(CCCCC)n3)cc2)cc1. The van der Waals surface area contributed by atoms with Gasteiger partial charge < -0.3 is 9.26 Å². The maximum atomic E-state index is 5.86. The van der Waals surface area contributed by atoms with Gasteiger partial charge in [-0.25, -0.2) is 0 Å². The molecule has 0 bridgehead atoms. The molecule has 4 heteroatoms. The zero-order chi connectivity index (χ0) is 21.0. The summed E-state index contributed by atoms with van der Waals surface area (Å²) < 4.78 is 11.2. The van der Waals surface area contributed by atoms with E-state index >= 15 is 0 Å². The van der Waals surface area contributed by atoms with Crippen LogP contribution >= 0.6 is 0 Å². The molecule has 3 rings (SSSR count). The van der Waals surface area contributed by atoms with Gasteiger partial charge in [0.2, 0.25) is 11.7 Å². The molecule has 0 aliphatic carbocycles. The molecule has 160 valence electrons. The van der Waals surface area contributed by atoms with Crippen LogP contribution in [0.3, 0.4) is 0 Å². The van der Waals surface area contributed by atoms with E-state index in [1.54, 1.807) is 0 Å². The van der Waals surface area contributed by atoms with E-state index < -0.39 is 0 Å². The first-order valence-corrected chi connectivity index (χ1v) is 11.5. The van der Waals surface area contributed by atoms with Crippen molar-refractivity contribution >= 4 is 0 Å². The monoisotopic (exact) mass is 406 g/mol. The van der Waals surface area contributed by atoms with Crippen LogP contribution in [0.25, 0.3) is 22.5 Å². The Morgan fingerprint density at radius 1 is 0.700 bits per heavy atom. The average Bonchev–Trinajstić information content (AvgIpc) is 3.26. The summed E-state index contributed by atoms with van der Waals surface area (Å²) in [6, 6.07) is 16.6. The fourth-order valence-corrected chi connectivity index (χ4v) is 3.45. The first-order chi connectivity index (χ1) is 14.8. The second kappa shape index (κ2) is 12.2. The second-order valence-electron chi connectivity index (χ2n) is 7.83. The first kappa shape index (κ1) is 22.1. The van der Waals surface area contributed by atoms with E-state index in [-0.39, 0.29) is 0 Å². The molecular formula is C26H34N2O2. The van der Waals surface area contributed by atoms with Crippen LogP contribution < -0.4 is 4.74 Å². The molecule has 0 aliphatic rings. The number of hydrogen-bond acceptors (Lipinski definition) is 4. The molecule has 0 saturated carbocycles. The summed E-state index contributed by atoms with van der Waals surface area (Å²) in [4.78, 5) is 4.52. The molecule has 0 aliphatic heterocycles. The number of hydrogen-bond donors (Lipinski definition) is 0. The van der Waals surface area contributed by atoms with Crippen molar-refractivity contribution in [2.75, 3.05) is 6.61 Å². The third kappa shape index (κ3) is 6.72. The number of aromatic nitrogens is 2. The minimum Gasteiger partial charge on any atom is -0.494 e. The van der Waals surface area contributed by atoms with Gasteiger partial charge >= 0.3 is 0 Å². The molecular weight excluding hydrogens is 372 g/mol. The Labute approximate surface area is 180 Å².